The fourth-order valence-corrected chi connectivity index (χ4v) is 3.73. The molecular formula is C23H20N2O4S. The Labute approximate surface area is 176 Å². The number of anilines is 2. The number of ether oxygens (including phenoxy) is 1. The van der Waals surface area contributed by atoms with Gasteiger partial charge in [0.05, 0.1) is 11.5 Å². The molecule has 0 aliphatic carbocycles. The first kappa shape index (κ1) is 21.0. The van der Waals surface area contributed by atoms with Gasteiger partial charge in [-0.3, -0.25) is 9.52 Å². The lowest BCUT2D eigenvalue weighted by Gasteiger charge is -2.10. The van der Waals surface area contributed by atoms with E-state index < -0.39 is 10.0 Å². The van der Waals surface area contributed by atoms with Gasteiger partial charge in [-0.05, 0) is 73.7 Å². The fourth-order valence-electron chi connectivity index (χ4n) is 2.68. The standard InChI is InChI=1S/C23H20N2O4S/c1-3-17-6-5-7-20(16-17)24-23(26)18-8-14-22(15-9-18)30(27,28)25-19-10-12-21(13-11-19)29-4-2/h1,5-16,25H,4H2,2H3,(H,24,26). The van der Waals surface area contributed by atoms with Crippen LogP contribution in [0.25, 0.3) is 0 Å². The van der Waals surface area contributed by atoms with Gasteiger partial charge in [-0.1, -0.05) is 12.0 Å². The van der Waals surface area contributed by atoms with Gasteiger partial charge in [0.25, 0.3) is 15.9 Å². The Bertz CT molecular complexity index is 1180. The predicted molar refractivity (Wildman–Crippen MR) is 117 cm³/mol. The Balaban J connectivity index is 1.70. The van der Waals surface area contributed by atoms with E-state index in [4.69, 9.17) is 11.2 Å². The number of carbonyl (C=O) groups excluding carboxylic acids is 1. The molecule has 0 saturated heterocycles. The summed E-state index contributed by atoms with van der Waals surface area (Å²) in [7, 11) is -3.79. The van der Waals surface area contributed by atoms with Gasteiger partial charge in [-0.25, -0.2) is 8.42 Å². The molecule has 0 fully saturated rings. The number of hydrogen-bond donors (Lipinski definition) is 2. The SMILES string of the molecule is C#Cc1cccc(NC(=O)c2ccc(S(=O)(=O)Nc3ccc(OCC)cc3)cc2)c1. The molecule has 3 aromatic carbocycles. The quantitative estimate of drug-likeness (QED) is 0.563. The van der Waals surface area contributed by atoms with Crippen LogP contribution in [0.3, 0.4) is 0 Å². The molecule has 152 valence electrons. The minimum atomic E-state index is -3.79. The van der Waals surface area contributed by atoms with Gasteiger partial charge >= 0.3 is 0 Å². The summed E-state index contributed by atoms with van der Waals surface area (Å²) in [5.41, 5.74) is 1.94. The van der Waals surface area contributed by atoms with E-state index in [0.29, 0.717) is 34.9 Å². The second-order valence-corrected chi connectivity index (χ2v) is 7.95. The molecule has 6 nitrogen and oxygen atoms in total. The van der Waals surface area contributed by atoms with Crippen LogP contribution >= 0.6 is 0 Å². The van der Waals surface area contributed by atoms with Crippen molar-refractivity contribution in [3.63, 3.8) is 0 Å². The largest absolute Gasteiger partial charge is 0.494 e. The summed E-state index contributed by atoms with van der Waals surface area (Å²) in [6.07, 6.45) is 5.36. The Morgan fingerprint density at radius 2 is 1.70 bits per heavy atom. The molecule has 0 spiro atoms. The highest BCUT2D eigenvalue weighted by Crippen LogP contribution is 2.20. The van der Waals surface area contributed by atoms with Gasteiger partial charge in [0.1, 0.15) is 5.75 Å². The minimum Gasteiger partial charge on any atom is -0.494 e. The number of amides is 1. The molecule has 0 aliphatic rings. The van der Waals surface area contributed by atoms with Crippen LogP contribution in [0.4, 0.5) is 11.4 Å². The molecule has 30 heavy (non-hydrogen) atoms. The van der Waals surface area contributed by atoms with Gasteiger partial charge < -0.3 is 10.1 Å². The lowest BCUT2D eigenvalue weighted by molar-refractivity contribution is 0.102. The van der Waals surface area contributed by atoms with Gasteiger partial charge in [0.15, 0.2) is 0 Å². The number of terminal acetylenes is 1. The molecular weight excluding hydrogens is 400 g/mol. The van der Waals surface area contributed by atoms with Crippen molar-refractivity contribution in [1.29, 1.82) is 0 Å². The molecule has 0 heterocycles. The molecule has 0 radical (unpaired) electrons. The topological polar surface area (TPSA) is 84.5 Å². The van der Waals surface area contributed by atoms with Crippen molar-refractivity contribution in [3.8, 4) is 18.1 Å². The van der Waals surface area contributed by atoms with Crippen LogP contribution in [0.1, 0.15) is 22.8 Å². The van der Waals surface area contributed by atoms with E-state index in [-0.39, 0.29) is 10.8 Å². The second kappa shape index (κ2) is 9.16. The van der Waals surface area contributed by atoms with Crippen LogP contribution in [0, 0.1) is 12.3 Å². The first-order valence-electron chi connectivity index (χ1n) is 9.15. The van der Waals surface area contributed by atoms with Crippen molar-refractivity contribution in [1.82, 2.24) is 0 Å². The Morgan fingerprint density at radius 3 is 2.33 bits per heavy atom. The second-order valence-electron chi connectivity index (χ2n) is 6.27. The average Bonchev–Trinajstić information content (AvgIpc) is 2.75. The van der Waals surface area contributed by atoms with Crippen molar-refractivity contribution >= 4 is 27.3 Å². The first-order chi connectivity index (χ1) is 14.4. The molecule has 3 aromatic rings. The van der Waals surface area contributed by atoms with E-state index >= 15 is 0 Å². The molecule has 0 atom stereocenters. The Morgan fingerprint density at radius 1 is 1.00 bits per heavy atom. The minimum absolute atomic E-state index is 0.0438. The van der Waals surface area contributed by atoms with E-state index in [0.717, 1.165) is 0 Å². The van der Waals surface area contributed by atoms with Crippen LogP contribution in [-0.2, 0) is 10.0 Å². The maximum Gasteiger partial charge on any atom is 0.261 e. The third kappa shape index (κ3) is 5.19. The molecule has 3 rings (SSSR count). The maximum absolute atomic E-state index is 12.6. The number of carbonyl (C=O) groups is 1. The van der Waals surface area contributed by atoms with Gasteiger partial charge in [-0.15, -0.1) is 6.42 Å². The van der Waals surface area contributed by atoms with Crippen LogP contribution in [-0.4, -0.2) is 20.9 Å². The number of sulfonamides is 1. The van der Waals surface area contributed by atoms with Crippen molar-refractivity contribution in [2.24, 2.45) is 0 Å². The van der Waals surface area contributed by atoms with Crippen molar-refractivity contribution in [2.75, 3.05) is 16.6 Å². The molecule has 0 aliphatic heterocycles. The zero-order chi connectivity index (χ0) is 21.6. The predicted octanol–water partition coefficient (Wildman–Crippen LogP) is 4.12. The Hall–Kier alpha value is -3.76. The van der Waals surface area contributed by atoms with Crippen LogP contribution < -0.4 is 14.8 Å². The summed E-state index contributed by atoms with van der Waals surface area (Å²) < 4.78 is 33.0. The zero-order valence-electron chi connectivity index (χ0n) is 16.3. The highest BCUT2D eigenvalue weighted by atomic mass is 32.2. The van der Waals surface area contributed by atoms with E-state index in [2.05, 4.69) is 16.0 Å². The van der Waals surface area contributed by atoms with E-state index in [1.807, 2.05) is 6.92 Å². The van der Waals surface area contributed by atoms with Crippen molar-refractivity contribution in [2.45, 2.75) is 11.8 Å². The summed E-state index contributed by atoms with van der Waals surface area (Å²) in [5, 5.41) is 2.74. The molecule has 0 aromatic heterocycles. The molecule has 1 amide bonds. The normalized spacial score (nSPS) is 10.7. The smallest absolute Gasteiger partial charge is 0.261 e. The summed E-state index contributed by atoms with van der Waals surface area (Å²) in [6, 6.07) is 19.2. The number of benzene rings is 3. The van der Waals surface area contributed by atoms with Crippen LogP contribution in [0.15, 0.2) is 77.7 Å². The highest BCUT2D eigenvalue weighted by Gasteiger charge is 2.15. The van der Waals surface area contributed by atoms with E-state index in [1.54, 1.807) is 48.5 Å². The zero-order valence-corrected chi connectivity index (χ0v) is 17.1. The summed E-state index contributed by atoms with van der Waals surface area (Å²) >= 11 is 0. The highest BCUT2D eigenvalue weighted by molar-refractivity contribution is 7.92. The molecule has 7 heteroatoms. The molecule has 0 saturated carbocycles. The summed E-state index contributed by atoms with van der Waals surface area (Å²) in [6.45, 7) is 2.40. The maximum atomic E-state index is 12.6. The fraction of sp³-hybridized carbons (Fsp3) is 0.0870. The lowest BCUT2D eigenvalue weighted by atomic mass is 10.2. The molecule has 0 bridgehead atoms. The van der Waals surface area contributed by atoms with Crippen molar-refractivity contribution in [3.05, 3.63) is 83.9 Å². The summed E-state index contributed by atoms with van der Waals surface area (Å²) in [4.78, 5) is 12.5. The van der Waals surface area contributed by atoms with Crippen LogP contribution in [0.2, 0.25) is 0 Å². The average molecular weight is 420 g/mol. The van der Waals surface area contributed by atoms with Crippen molar-refractivity contribution < 1.29 is 17.9 Å². The lowest BCUT2D eigenvalue weighted by Crippen LogP contribution is -2.15. The monoisotopic (exact) mass is 420 g/mol. The first-order valence-corrected chi connectivity index (χ1v) is 10.6. The van der Waals surface area contributed by atoms with Crippen LogP contribution in [0.5, 0.6) is 5.75 Å². The van der Waals surface area contributed by atoms with E-state index in [1.165, 1.54) is 24.3 Å². The third-order valence-corrected chi connectivity index (χ3v) is 5.53. The summed E-state index contributed by atoms with van der Waals surface area (Å²) in [5.74, 6) is 2.79. The number of rotatable bonds is 7. The molecule has 2 N–H and O–H groups in total. The third-order valence-electron chi connectivity index (χ3n) is 4.13. The number of hydrogen-bond acceptors (Lipinski definition) is 4. The molecule has 0 unspecified atom stereocenters. The van der Waals surface area contributed by atoms with Gasteiger partial charge in [-0.2, -0.15) is 0 Å². The Kier molecular flexibility index (Phi) is 6.40. The van der Waals surface area contributed by atoms with E-state index in [9.17, 15) is 13.2 Å². The van der Waals surface area contributed by atoms with Gasteiger partial charge in [0.2, 0.25) is 0 Å². The number of nitrogens with one attached hydrogen (secondary N) is 2. The van der Waals surface area contributed by atoms with Gasteiger partial charge in [0, 0.05) is 22.5 Å².